The third-order valence-corrected chi connectivity index (χ3v) is 4.05. The fourth-order valence-corrected chi connectivity index (χ4v) is 2.63. The van der Waals surface area contributed by atoms with Crippen LogP contribution < -0.4 is 15.1 Å². The molecule has 0 aliphatic rings. The average molecular weight is 423 g/mol. The van der Waals surface area contributed by atoms with Gasteiger partial charge in [-0.2, -0.15) is 5.10 Å². The van der Waals surface area contributed by atoms with Gasteiger partial charge < -0.3 is 9.64 Å². The monoisotopic (exact) mass is 423 g/mol. The van der Waals surface area contributed by atoms with E-state index in [-0.39, 0.29) is 5.91 Å². The summed E-state index contributed by atoms with van der Waals surface area (Å²) < 4.78 is 6.05. The summed E-state index contributed by atoms with van der Waals surface area (Å²) >= 11 is 2.13. The minimum absolute atomic E-state index is 0.258. The van der Waals surface area contributed by atoms with E-state index in [1.165, 1.54) is 0 Å². The first-order valence-corrected chi connectivity index (χ1v) is 8.03. The summed E-state index contributed by atoms with van der Waals surface area (Å²) in [6, 6.07) is 13.1. The third-order valence-electron chi connectivity index (χ3n) is 3.20. The van der Waals surface area contributed by atoms with Crippen LogP contribution in [0, 0.1) is 3.57 Å². The van der Waals surface area contributed by atoms with Gasteiger partial charge >= 0.3 is 0 Å². The molecule has 0 saturated carbocycles. The summed E-state index contributed by atoms with van der Waals surface area (Å²) in [6.45, 7) is 0. The van der Waals surface area contributed by atoms with E-state index >= 15 is 0 Å². The lowest BCUT2D eigenvalue weighted by Gasteiger charge is -2.11. The first-order chi connectivity index (χ1) is 11.0. The fraction of sp³-hybridized carbons (Fsp3) is 0.176. The van der Waals surface area contributed by atoms with Gasteiger partial charge in [0.15, 0.2) is 0 Å². The zero-order chi connectivity index (χ0) is 16.8. The van der Waals surface area contributed by atoms with Gasteiger partial charge in [0, 0.05) is 25.3 Å². The van der Waals surface area contributed by atoms with Crippen molar-refractivity contribution in [3.05, 3.63) is 57.2 Å². The Morgan fingerprint density at radius 2 is 1.91 bits per heavy atom. The number of carbonyl (C=O) groups is 1. The molecule has 2 aromatic rings. The molecule has 0 radical (unpaired) electrons. The number of methoxy groups -OCH3 is 1. The molecule has 0 aromatic heterocycles. The Bertz CT molecular complexity index is 712. The van der Waals surface area contributed by atoms with Gasteiger partial charge in [-0.1, -0.05) is 12.1 Å². The van der Waals surface area contributed by atoms with E-state index < -0.39 is 0 Å². The van der Waals surface area contributed by atoms with Crippen LogP contribution in [0.5, 0.6) is 5.75 Å². The highest BCUT2D eigenvalue weighted by Gasteiger charge is 2.07. The Hall–Kier alpha value is -2.09. The summed E-state index contributed by atoms with van der Waals surface area (Å²) in [6.07, 6.45) is 1.62. The quantitative estimate of drug-likeness (QED) is 0.457. The molecule has 0 saturated heterocycles. The van der Waals surface area contributed by atoms with E-state index in [9.17, 15) is 4.79 Å². The number of amides is 1. The predicted molar refractivity (Wildman–Crippen MR) is 102 cm³/mol. The lowest BCUT2D eigenvalue weighted by atomic mass is 10.2. The summed E-state index contributed by atoms with van der Waals surface area (Å²) in [5.74, 6) is 0.485. The maximum Gasteiger partial charge on any atom is 0.271 e. The van der Waals surface area contributed by atoms with Crippen LogP contribution in [-0.4, -0.2) is 33.3 Å². The van der Waals surface area contributed by atoms with Gasteiger partial charge in [-0.05, 0) is 58.5 Å². The van der Waals surface area contributed by atoms with Gasteiger partial charge in [-0.15, -0.1) is 0 Å². The molecule has 120 valence electrons. The highest BCUT2D eigenvalue weighted by atomic mass is 127. The number of nitrogens with one attached hydrogen (secondary N) is 1. The number of hydrogen-bond acceptors (Lipinski definition) is 4. The highest BCUT2D eigenvalue weighted by molar-refractivity contribution is 14.1. The highest BCUT2D eigenvalue weighted by Crippen LogP contribution is 2.21. The van der Waals surface area contributed by atoms with E-state index in [0.717, 1.165) is 20.6 Å². The number of hydrogen-bond donors (Lipinski definition) is 1. The Balaban J connectivity index is 1.99. The van der Waals surface area contributed by atoms with Gasteiger partial charge in [0.1, 0.15) is 5.75 Å². The van der Waals surface area contributed by atoms with Crippen LogP contribution in [-0.2, 0) is 0 Å². The summed E-state index contributed by atoms with van der Waals surface area (Å²) in [7, 11) is 5.57. The van der Waals surface area contributed by atoms with Crippen LogP contribution in [0.2, 0.25) is 0 Å². The van der Waals surface area contributed by atoms with E-state index in [4.69, 9.17) is 4.74 Å². The van der Waals surface area contributed by atoms with Gasteiger partial charge in [-0.25, -0.2) is 5.43 Å². The molecule has 23 heavy (non-hydrogen) atoms. The third kappa shape index (κ3) is 4.69. The van der Waals surface area contributed by atoms with Gasteiger partial charge in [0.05, 0.1) is 16.9 Å². The molecule has 2 aromatic carbocycles. The SMILES string of the molecule is COc1ccc(C(=O)N/N=C/c2ccc(N(C)C)cc2)cc1I. The van der Waals surface area contributed by atoms with E-state index in [1.807, 2.05) is 43.3 Å². The second kappa shape index (κ2) is 7.96. The number of halogens is 1. The molecule has 0 bridgehead atoms. The number of benzene rings is 2. The molecule has 0 aliphatic carbocycles. The second-order valence-electron chi connectivity index (χ2n) is 5.03. The summed E-state index contributed by atoms with van der Waals surface area (Å²) in [5, 5.41) is 3.99. The maximum atomic E-state index is 12.1. The largest absolute Gasteiger partial charge is 0.496 e. The number of ether oxygens (including phenoxy) is 1. The molecule has 1 N–H and O–H groups in total. The molecule has 0 spiro atoms. The van der Waals surface area contributed by atoms with Crippen LogP contribution in [0.4, 0.5) is 5.69 Å². The Morgan fingerprint density at radius 1 is 1.22 bits per heavy atom. The van der Waals surface area contributed by atoms with Crippen molar-refractivity contribution in [2.45, 2.75) is 0 Å². The molecule has 0 aliphatic heterocycles. The van der Waals surface area contributed by atoms with Crippen molar-refractivity contribution in [2.24, 2.45) is 5.10 Å². The minimum atomic E-state index is -0.258. The number of rotatable bonds is 5. The van der Waals surface area contributed by atoms with Crippen molar-refractivity contribution in [1.82, 2.24) is 5.43 Å². The van der Waals surface area contributed by atoms with Crippen LogP contribution in [0.1, 0.15) is 15.9 Å². The summed E-state index contributed by atoms with van der Waals surface area (Å²) in [4.78, 5) is 14.1. The second-order valence-corrected chi connectivity index (χ2v) is 6.20. The van der Waals surface area contributed by atoms with Crippen LogP contribution in [0.15, 0.2) is 47.6 Å². The van der Waals surface area contributed by atoms with E-state index in [0.29, 0.717) is 5.56 Å². The van der Waals surface area contributed by atoms with Crippen LogP contribution in [0.3, 0.4) is 0 Å². The first-order valence-electron chi connectivity index (χ1n) is 6.95. The van der Waals surface area contributed by atoms with Crippen LogP contribution >= 0.6 is 22.6 Å². The Kier molecular flexibility index (Phi) is 5.97. The fourth-order valence-electron chi connectivity index (χ4n) is 1.90. The van der Waals surface area contributed by atoms with Crippen molar-refractivity contribution in [2.75, 3.05) is 26.1 Å². The number of hydrazone groups is 1. The Morgan fingerprint density at radius 3 is 2.48 bits per heavy atom. The normalized spacial score (nSPS) is 10.6. The molecule has 5 nitrogen and oxygen atoms in total. The first kappa shape index (κ1) is 17.3. The predicted octanol–water partition coefficient (Wildman–Crippen LogP) is 3.13. The minimum Gasteiger partial charge on any atom is -0.496 e. The summed E-state index contributed by atoms with van der Waals surface area (Å²) in [5.41, 5.74) is 5.09. The van der Waals surface area contributed by atoms with E-state index in [2.05, 4.69) is 33.1 Å². The molecule has 0 unspecified atom stereocenters. The lowest BCUT2D eigenvalue weighted by molar-refractivity contribution is 0.0955. The topological polar surface area (TPSA) is 53.9 Å². The van der Waals surface area contributed by atoms with Crippen molar-refractivity contribution in [3.8, 4) is 5.75 Å². The van der Waals surface area contributed by atoms with Gasteiger partial charge in [-0.3, -0.25) is 4.79 Å². The van der Waals surface area contributed by atoms with Gasteiger partial charge in [0.2, 0.25) is 0 Å². The molecular formula is C17H18IN3O2. The number of carbonyl (C=O) groups excluding carboxylic acids is 1. The molecule has 0 fully saturated rings. The smallest absolute Gasteiger partial charge is 0.271 e. The number of nitrogens with zero attached hydrogens (tertiary/aromatic N) is 2. The van der Waals surface area contributed by atoms with Crippen molar-refractivity contribution < 1.29 is 9.53 Å². The van der Waals surface area contributed by atoms with E-state index in [1.54, 1.807) is 31.5 Å². The van der Waals surface area contributed by atoms with Crippen molar-refractivity contribution >= 4 is 40.4 Å². The molecule has 0 heterocycles. The zero-order valence-corrected chi connectivity index (χ0v) is 15.4. The molecule has 1 amide bonds. The number of anilines is 1. The molecule has 0 atom stereocenters. The molecule has 2 rings (SSSR count). The van der Waals surface area contributed by atoms with Crippen molar-refractivity contribution in [1.29, 1.82) is 0 Å². The Labute approximate surface area is 149 Å². The zero-order valence-electron chi connectivity index (χ0n) is 13.2. The van der Waals surface area contributed by atoms with Crippen LogP contribution in [0.25, 0.3) is 0 Å². The van der Waals surface area contributed by atoms with Crippen molar-refractivity contribution in [3.63, 3.8) is 0 Å². The maximum absolute atomic E-state index is 12.1. The van der Waals surface area contributed by atoms with Gasteiger partial charge in [0.25, 0.3) is 5.91 Å². The molecule has 6 heteroatoms. The average Bonchev–Trinajstić information content (AvgIpc) is 2.55. The standard InChI is InChI=1S/C17H18IN3O2/c1-21(2)14-7-4-12(5-8-14)11-19-20-17(22)13-6-9-16(23-3)15(18)10-13/h4-11H,1-3H3,(H,20,22)/b19-11+. The molecular weight excluding hydrogens is 405 g/mol. The lowest BCUT2D eigenvalue weighted by Crippen LogP contribution is -2.17.